The number of hydrogen-bond acceptors (Lipinski definition) is 7. The van der Waals surface area contributed by atoms with Gasteiger partial charge in [0.05, 0.1) is 13.2 Å². The predicted octanol–water partition coefficient (Wildman–Crippen LogP) is 1.61. The quantitative estimate of drug-likeness (QED) is 0.605. The van der Waals surface area contributed by atoms with Crippen LogP contribution in [0, 0.1) is 0 Å². The van der Waals surface area contributed by atoms with Gasteiger partial charge in [0, 0.05) is 31.4 Å². The fraction of sp³-hybridized carbons (Fsp3) is 0.333. The molecule has 0 saturated carbocycles. The Morgan fingerprint density at radius 2 is 1.97 bits per heavy atom. The third kappa shape index (κ3) is 5.19. The van der Waals surface area contributed by atoms with Gasteiger partial charge in [0.2, 0.25) is 0 Å². The van der Waals surface area contributed by atoms with E-state index in [1.807, 2.05) is 54.6 Å². The van der Waals surface area contributed by atoms with Crippen LogP contribution in [0.2, 0.25) is 0 Å². The molecule has 9 heteroatoms. The lowest BCUT2D eigenvalue weighted by molar-refractivity contribution is -0.118. The lowest BCUT2D eigenvalue weighted by Gasteiger charge is -2.26. The smallest absolute Gasteiger partial charge is 0.253 e. The summed E-state index contributed by atoms with van der Waals surface area (Å²) in [7, 11) is 0. The third-order valence-corrected chi connectivity index (χ3v) is 4.87. The number of anilines is 1. The zero-order valence-corrected chi connectivity index (χ0v) is 16.6. The Kier molecular flexibility index (Phi) is 6.63. The minimum absolute atomic E-state index is 0.237. The number of carbonyl (C=O) groups excluding carboxylic acids is 1. The van der Waals surface area contributed by atoms with Gasteiger partial charge in [0.1, 0.15) is 18.7 Å². The molecule has 0 unspecified atom stereocenters. The van der Waals surface area contributed by atoms with Crippen LogP contribution in [0.3, 0.4) is 0 Å². The lowest BCUT2D eigenvalue weighted by atomic mass is 10.1. The van der Waals surface area contributed by atoms with E-state index in [0.29, 0.717) is 18.0 Å². The predicted molar refractivity (Wildman–Crippen MR) is 110 cm³/mol. The Morgan fingerprint density at radius 1 is 1.13 bits per heavy atom. The van der Waals surface area contributed by atoms with Crippen LogP contribution in [0.25, 0.3) is 0 Å². The summed E-state index contributed by atoms with van der Waals surface area (Å²) >= 11 is 0. The highest BCUT2D eigenvalue weighted by molar-refractivity contribution is 5.95. The Labute approximate surface area is 174 Å². The molecule has 1 amide bonds. The number of aromatic nitrogens is 4. The largest absolute Gasteiger partial charge is 0.492 e. The number of morpholine rings is 1. The van der Waals surface area contributed by atoms with E-state index in [1.54, 1.807) is 0 Å². The third-order valence-electron chi connectivity index (χ3n) is 4.87. The number of ether oxygens (including phenoxy) is 2. The van der Waals surface area contributed by atoms with Gasteiger partial charge >= 0.3 is 0 Å². The topological polar surface area (TPSA) is 94.4 Å². The Balaban J connectivity index is 1.40. The molecular weight excluding hydrogens is 384 g/mol. The molecule has 2 heterocycles. The highest BCUT2D eigenvalue weighted by Gasteiger charge is 2.24. The van der Waals surface area contributed by atoms with E-state index >= 15 is 0 Å². The Hall–Kier alpha value is -3.30. The molecule has 30 heavy (non-hydrogen) atoms. The van der Waals surface area contributed by atoms with Crippen molar-refractivity contribution in [1.82, 2.24) is 25.1 Å². The molecule has 2 aromatic carbocycles. The summed E-state index contributed by atoms with van der Waals surface area (Å²) in [5.41, 5.74) is 1.44. The molecule has 1 aliphatic rings. The van der Waals surface area contributed by atoms with Crippen molar-refractivity contribution in [2.75, 3.05) is 44.8 Å². The van der Waals surface area contributed by atoms with Crippen molar-refractivity contribution >= 4 is 11.6 Å². The molecule has 4 rings (SSSR count). The van der Waals surface area contributed by atoms with Crippen LogP contribution in [0.4, 0.5) is 5.69 Å². The van der Waals surface area contributed by atoms with Crippen LogP contribution in [0.15, 0.2) is 60.9 Å². The van der Waals surface area contributed by atoms with Gasteiger partial charge in [-0.1, -0.05) is 36.4 Å². The van der Waals surface area contributed by atoms with E-state index in [-0.39, 0.29) is 5.91 Å². The monoisotopic (exact) mass is 408 g/mol. The van der Waals surface area contributed by atoms with Gasteiger partial charge in [-0.05, 0) is 28.1 Å². The summed E-state index contributed by atoms with van der Waals surface area (Å²) in [6.07, 6.45) is 1.43. The van der Waals surface area contributed by atoms with E-state index in [1.165, 1.54) is 11.0 Å². The second-order valence-electron chi connectivity index (χ2n) is 6.92. The van der Waals surface area contributed by atoms with Gasteiger partial charge in [-0.2, -0.15) is 0 Å². The van der Waals surface area contributed by atoms with E-state index in [2.05, 4.69) is 25.7 Å². The number of nitrogens with zero attached hydrogens (tertiary/aromatic N) is 5. The van der Waals surface area contributed by atoms with E-state index in [0.717, 1.165) is 38.4 Å². The number of carbonyl (C=O) groups is 1. The van der Waals surface area contributed by atoms with Crippen molar-refractivity contribution in [1.29, 1.82) is 0 Å². The summed E-state index contributed by atoms with van der Waals surface area (Å²) < 4.78 is 12.7. The first-order valence-electron chi connectivity index (χ1n) is 9.91. The molecule has 1 atom stereocenters. The van der Waals surface area contributed by atoms with Gasteiger partial charge < -0.3 is 14.8 Å². The van der Waals surface area contributed by atoms with Gasteiger partial charge in [-0.15, -0.1) is 5.10 Å². The standard InChI is InChI=1S/C21H24N6O3/c28-21(20(27-16-22-24-25-27)17-5-2-1-3-6-17)23-18-7-4-8-19(15-18)30-14-11-26-9-12-29-13-10-26/h1-8,15-16,20H,9-14H2,(H,23,28)/t20-/m1/s1. The molecule has 0 spiro atoms. The first-order valence-corrected chi connectivity index (χ1v) is 9.91. The molecule has 156 valence electrons. The summed E-state index contributed by atoms with van der Waals surface area (Å²) in [5, 5.41) is 14.2. The fourth-order valence-corrected chi connectivity index (χ4v) is 3.34. The molecule has 0 aliphatic carbocycles. The molecule has 1 saturated heterocycles. The number of hydrogen-bond donors (Lipinski definition) is 1. The number of benzene rings is 2. The minimum Gasteiger partial charge on any atom is -0.492 e. The van der Waals surface area contributed by atoms with Crippen LogP contribution < -0.4 is 10.1 Å². The second-order valence-corrected chi connectivity index (χ2v) is 6.92. The highest BCUT2D eigenvalue weighted by Crippen LogP contribution is 2.22. The molecule has 1 aromatic heterocycles. The van der Waals surface area contributed by atoms with Crippen LogP contribution >= 0.6 is 0 Å². The maximum absolute atomic E-state index is 13.1. The van der Waals surface area contributed by atoms with Crippen molar-refractivity contribution in [2.24, 2.45) is 0 Å². The van der Waals surface area contributed by atoms with Gasteiger partial charge in [0.15, 0.2) is 6.04 Å². The molecule has 1 N–H and O–H groups in total. The van der Waals surface area contributed by atoms with Crippen LogP contribution in [0.1, 0.15) is 11.6 Å². The van der Waals surface area contributed by atoms with Gasteiger partial charge in [-0.25, -0.2) is 4.68 Å². The Bertz CT molecular complexity index is 929. The van der Waals surface area contributed by atoms with Crippen LogP contribution in [0.5, 0.6) is 5.75 Å². The van der Waals surface area contributed by atoms with E-state index in [4.69, 9.17) is 9.47 Å². The number of nitrogens with one attached hydrogen (secondary N) is 1. The van der Waals surface area contributed by atoms with Crippen molar-refractivity contribution in [3.8, 4) is 5.75 Å². The summed E-state index contributed by atoms with van der Waals surface area (Å²) in [6.45, 7) is 4.82. The average Bonchev–Trinajstić information content (AvgIpc) is 3.30. The minimum atomic E-state index is -0.674. The summed E-state index contributed by atoms with van der Waals surface area (Å²) in [4.78, 5) is 15.4. The van der Waals surface area contributed by atoms with Crippen LogP contribution in [-0.2, 0) is 9.53 Å². The molecular formula is C21H24N6O3. The van der Waals surface area contributed by atoms with Crippen molar-refractivity contribution in [3.05, 3.63) is 66.5 Å². The first-order chi connectivity index (χ1) is 14.8. The zero-order valence-electron chi connectivity index (χ0n) is 16.6. The van der Waals surface area contributed by atoms with Crippen molar-refractivity contribution in [2.45, 2.75) is 6.04 Å². The lowest BCUT2D eigenvalue weighted by Crippen LogP contribution is -2.38. The van der Waals surface area contributed by atoms with E-state index < -0.39 is 6.04 Å². The first kappa shape index (κ1) is 20.0. The van der Waals surface area contributed by atoms with Crippen LogP contribution in [-0.4, -0.2) is 70.5 Å². The summed E-state index contributed by atoms with van der Waals surface area (Å²) in [6, 6.07) is 16.1. The average molecular weight is 408 g/mol. The number of amides is 1. The maximum Gasteiger partial charge on any atom is 0.253 e. The van der Waals surface area contributed by atoms with Crippen molar-refractivity contribution in [3.63, 3.8) is 0 Å². The zero-order chi connectivity index (χ0) is 20.6. The summed E-state index contributed by atoms with van der Waals surface area (Å²) in [5.74, 6) is 0.471. The number of tetrazole rings is 1. The Morgan fingerprint density at radius 3 is 2.73 bits per heavy atom. The van der Waals surface area contributed by atoms with E-state index in [9.17, 15) is 4.79 Å². The molecule has 1 aliphatic heterocycles. The SMILES string of the molecule is O=C(Nc1cccc(OCCN2CCOCC2)c1)[C@@H](c1ccccc1)n1cnnn1. The molecule has 0 bridgehead atoms. The molecule has 9 nitrogen and oxygen atoms in total. The van der Waals surface area contributed by atoms with Crippen molar-refractivity contribution < 1.29 is 14.3 Å². The molecule has 1 fully saturated rings. The highest BCUT2D eigenvalue weighted by atomic mass is 16.5. The van der Waals surface area contributed by atoms with Gasteiger partial charge in [0.25, 0.3) is 5.91 Å². The fourth-order valence-electron chi connectivity index (χ4n) is 3.34. The normalized spacial score (nSPS) is 15.5. The second kappa shape index (κ2) is 9.95. The number of rotatable bonds is 8. The molecule has 3 aromatic rings. The maximum atomic E-state index is 13.1. The molecule has 0 radical (unpaired) electrons. The van der Waals surface area contributed by atoms with Gasteiger partial charge in [-0.3, -0.25) is 9.69 Å².